The van der Waals surface area contributed by atoms with Gasteiger partial charge in [-0.3, -0.25) is 14.4 Å². The lowest BCUT2D eigenvalue weighted by molar-refractivity contribution is -0.186. The Morgan fingerprint density at radius 3 is 2.50 bits per heavy atom. The number of methoxy groups -OCH3 is 1. The lowest BCUT2D eigenvalue weighted by Gasteiger charge is -2.60. The third-order valence-electron chi connectivity index (χ3n) is 8.03. The number of ketones is 1. The summed E-state index contributed by atoms with van der Waals surface area (Å²) in [5.74, 6) is -5.31. The Kier molecular flexibility index (Phi) is 5.96. The van der Waals surface area contributed by atoms with Crippen LogP contribution in [-0.2, 0) is 28.6 Å². The van der Waals surface area contributed by atoms with E-state index in [1.165, 1.54) is 19.6 Å². The fourth-order valence-electron chi connectivity index (χ4n) is 6.31. The molecule has 10 nitrogen and oxygen atoms in total. The lowest BCUT2D eigenvalue weighted by atomic mass is 9.48. The number of carbonyl (C=O) groups excluding carboxylic acids is 4. The number of benzene rings is 1. The van der Waals surface area contributed by atoms with Crippen molar-refractivity contribution in [1.82, 2.24) is 0 Å². The van der Waals surface area contributed by atoms with Crippen LogP contribution in [0.4, 0.5) is 0 Å². The predicted octanol–water partition coefficient (Wildman–Crippen LogP) is 1.68. The van der Waals surface area contributed by atoms with Gasteiger partial charge in [0.2, 0.25) is 0 Å². The van der Waals surface area contributed by atoms with E-state index in [0.29, 0.717) is 5.56 Å². The van der Waals surface area contributed by atoms with Gasteiger partial charge in [-0.1, -0.05) is 18.2 Å². The smallest absolute Gasteiger partial charge is 0.338 e. The zero-order valence-corrected chi connectivity index (χ0v) is 19.8. The van der Waals surface area contributed by atoms with E-state index in [1.54, 1.807) is 36.4 Å². The van der Waals surface area contributed by atoms with E-state index in [2.05, 4.69) is 0 Å². The van der Waals surface area contributed by atoms with Crippen molar-refractivity contribution in [1.29, 1.82) is 0 Å². The molecule has 4 N–H and O–H groups in total. The van der Waals surface area contributed by atoms with Crippen LogP contribution >= 0.6 is 0 Å². The van der Waals surface area contributed by atoms with Crippen molar-refractivity contribution in [2.75, 3.05) is 7.11 Å². The first-order chi connectivity index (χ1) is 17.2. The molecule has 10 heteroatoms. The van der Waals surface area contributed by atoms with Crippen molar-refractivity contribution >= 4 is 23.7 Å². The number of furan rings is 1. The maximum Gasteiger partial charge on any atom is 0.338 e. The summed E-state index contributed by atoms with van der Waals surface area (Å²) < 4.78 is 21.4. The number of cyclic esters (lactones) is 1. The summed E-state index contributed by atoms with van der Waals surface area (Å²) >= 11 is 0. The molecule has 2 saturated carbocycles. The molecule has 7 atom stereocenters. The summed E-state index contributed by atoms with van der Waals surface area (Å²) in [6.45, 7) is 0. The molecule has 5 rings (SSSR count). The third-order valence-corrected chi connectivity index (χ3v) is 8.03. The summed E-state index contributed by atoms with van der Waals surface area (Å²) in [5, 5.41) is 0. The summed E-state index contributed by atoms with van der Waals surface area (Å²) in [5.41, 5.74) is 11.9. The highest BCUT2D eigenvalue weighted by Gasteiger charge is 2.69. The number of esters is 3. The van der Waals surface area contributed by atoms with Crippen molar-refractivity contribution in [2.45, 2.75) is 49.0 Å². The average molecular weight is 497 g/mol. The van der Waals surface area contributed by atoms with Gasteiger partial charge in [-0.25, -0.2) is 4.79 Å². The topological polar surface area (TPSA) is 161 Å². The van der Waals surface area contributed by atoms with Crippen LogP contribution in [0.2, 0.25) is 0 Å². The van der Waals surface area contributed by atoms with Gasteiger partial charge >= 0.3 is 17.9 Å². The molecule has 0 amide bonds. The van der Waals surface area contributed by atoms with Gasteiger partial charge in [0, 0.05) is 29.5 Å². The lowest BCUT2D eigenvalue weighted by Crippen LogP contribution is -2.78. The molecule has 0 bridgehead atoms. The average Bonchev–Trinajstić information content (AvgIpc) is 3.40. The van der Waals surface area contributed by atoms with Gasteiger partial charge in [0.1, 0.15) is 6.10 Å². The monoisotopic (exact) mass is 496 g/mol. The van der Waals surface area contributed by atoms with Gasteiger partial charge < -0.3 is 30.1 Å². The van der Waals surface area contributed by atoms with Crippen LogP contribution in [0.25, 0.3) is 0 Å². The summed E-state index contributed by atoms with van der Waals surface area (Å²) in [6.07, 6.45) is 1.24. The van der Waals surface area contributed by atoms with Crippen molar-refractivity contribution < 1.29 is 37.8 Å². The van der Waals surface area contributed by atoms with Gasteiger partial charge in [-0.05, 0) is 31.0 Å². The van der Waals surface area contributed by atoms with Gasteiger partial charge in [-0.15, -0.1) is 0 Å². The molecule has 1 aliphatic heterocycles. The summed E-state index contributed by atoms with van der Waals surface area (Å²) in [4.78, 5) is 52.8. The molecular weight excluding hydrogens is 468 g/mol. The normalized spacial score (nSPS) is 35.7. The highest BCUT2D eigenvalue weighted by Crippen LogP contribution is 2.55. The second-order valence-electron chi connectivity index (χ2n) is 9.91. The van der Waals surface area contributed by atoms with Crippen LogP contribution < -0.4 is 11.5 Å². The minimum atomic E-state index is -1.44. The number of fused-ring (bicyclic) bond motifs is 3. The molecular formula is C26H28N2O8. The molecule has 1 aromatic heterocycles. The Morgan fingerprint density at radius 1 is 1.08 bits per heavy atom. The van der Waals surface area contributed by atoms with Crippen LogP contribution in [0, 0.1) is 17.8 Å². The second-order valence-corrected chi connectivity index (χ2v) is 9.91. The van der Waals surface area contributed by atoms with E-state index in [-0.39, 0.29) is 31.2 Å². The van der Waals surface area contributed by atoms with Gasteiger partial charge in [0.05, 0.1) is 43.0 Å². The van der Waals surface area contributed by atoms with E-state index < -0.39 is 64.7 Å². The number of rotatable bonds is 4. The quantitative estimate of drug-likeness (QED) is 0.470. The first kappa shape index (κ1) is 24.2. The van der Waals surface area contributed by atoms with E-state index in [1.807, 2.05) is 0 Å². The molecule has 3 aliphatic rings. The number of hydrogen-bond donors (Lipinski definition) is 2. The first-order valence-electron chi connectivity index (χ1n) is 11.9. The van der Waals surface area contributed by atoms with Crippen molar-refractivity contribution in [3.05, 3.63) is 60.1 Å². The van der Waals surface area contributed by atoms with Crippen LogP contribution in [-0.4, -0.2) is 48.0 Å². The Balaban J connectivity index is 1.54. The SMILES string of the molecule is COC(=O)[C@@H]1C[C@H](OC(=O)c2ccccc2)C(=O)[C@H]2[C@@]1(N)CC[C@H]1C(=O)O[C@H](c3ccoc3)C[C@]21N. The van der Waals surface area contributed by atoms with Crippen LogP contribution in [0.3, 0.4) is 0 Å². The van der Waals surface area contributed by atoms with Crippen molar-refractivity contribution in [3.63, 3.8) is 0 Å². The fraction of sp³-hybridized carbons (Fsp3) is 0.462. The van der Waals surface area contributed by atoms with Gasteiger partial charge in [0.25, 0.3) is 0 Å². The van der Waals surface area contributed by atoms with Crippen molar-refractivity contribution in [3.8, 4) is 0 Å². The van der Waals surface area contributed by atoms with Crippen LogP contribution in [0.15, 0.2) is 53.3 Å². The second kappa shape index (κ2) is 8.86. The molecule has 190 valence electrons. The van der Waals surface area contributed by atoms with E-state index in [0.717, 1.165) is 0 Å². The number of Topliss-reactive ketones (excluding diaryl/α,β-unsaturated/α-hetero) is 1. The summed E-state index contributed by atoms with van der Waals surface area (Å²) in [6, 6.07) is 9.88. The predicted molar refractivity (Wildman–Crippen MR) is 123 cm³/mol. The fourth-order valence-corrected chi connectivity index (χ4v) is 6.31. The minimum absolute atomic E-state index is 0.0888. The highest BCUT2D eigenvalue weighted by molar-refractivity contribution is 5.97. The Hall–Kier alpha value is -3.50. The molecule has 36 heavy (non-hydrogen) atoms. The first-order valence-corrected chi connectivity index (χ1v) is 11.9. The van der Waals surface area contributed by atoms with E-state index in [9.17, 15) is 19.2 Å². The Bertz CT molecular complexity index is 1180. The molecule has 3 fully saturated rings. The molecule has 0 unspecified atom stereocenters. The molecule has 0 radical (unpaired) electrons. The zero-order valence-electron chi connectivity index (χ0n) is 19.8. The van der Waals surface area contributed by atoms with E-state index in [4.69, 9.17) is 30.1 Å². The van der Waals surface area contributed by atoms with Crippen LogP contribution in [0.1, 0.15) is 47.7 Å². The van der Waals surface area contributed by atoms with Gasteiger partial charge in [-0.2, -0.15) is 0 Å². The molecule has 2 aromatic rings. The molecule has 2 heterocycles. The standard InChI is InChI=1S/C26H28N2O8/c1-33-23(31)17-11-18(35-22(30)14-5-3-2-4-6-14)20(29)21-25(17,27)9-7-16-24(32)36-19(12-26(16,21)28)15-8-10-34-13-15/h2-6,8,10,13,16-19,21H,7,9,11-12,27-28H2,1H3/t16-,17-,18-,19-,21-,25+,26+/m0/s1. The number of hydrogen-bond acceptors (Lipinski definition) is 10. The Labute approximate surface area is 207 Å². The molecule has 1 aromatic carbocycles. The van der Waals surface area contributed by atoms with Gasteiger partial charge in [0.15, 0.2) is 11.9 Å². The number of carbonyl (C=O) groups is 4. The summed E-state index contributed by atoms with van der Waals surface area (Å²) in [7, 11) is 1.23. The number of nitrogens with two attached hydrogens (primary N) is 2. The largest absolute Gasteiger partial charge is 0.472 e. The maximum atomic E-state index is 14.0. The highest BCUT2D eigenvalue weighted by atomic mass is 16.6. The minimum Gasteiger partial charge on any atom is -0.472 e. The van der Waals surface area contributed by atoms with Crippen molar-refractivity contribution in [2.24, 2.45) is 29.2 Å². The molecule has 1 saturated heterocycles. The van der Waals surface area contributed by atoms with Crippen LogP contribution in [0.5, 0.6) is 0 Å². The maximum absolute atomic E-state index is 14.0. The number of ether oxygens (including phenoxy) is 3. The molecule has 2 aliphatic carbocycles. The molecule has 0 spiro atoms. The zero-order chi connectivity index (χ0) is 25.7. The Morgan fingerprint density at radius 2 is 1.83 bits per heavy atom. The third kappa shape index (κ3) is 3.72. The van der Waals surface area contributed by atoms with E-state index >= 15 is 0 Å².